The van der Waals surface area contributed by atoms with Crippen LogP contribution in [0.4, 0.5) is 0 Å². The molecule has 2 aromatic carbocycles. The molecule has 0 aliphatic carbocycles. The number of hydrogen-bond acceptors (Lipinski definition) is 5. The van der Waals surface area contributed by atoms with E-state index in [0.717, 1.165) is 27.6 Å². The Balaban J connectivity index is 1.71. The van der Waals surface area contributed by atoms with Crippen molar-refractivity contribution in [2.75, 3.05) is 0 Å². The van der Waals surface area contributed by atoms with Crippen LogP contribution in [0.2, 0.25) is 0 Å². The van der Waals surface area contributed by atoms with Crippen LogP contribution in [0.5, 0.6) is 0 Å². The van der Waals surface area contributed by atoms with Gasteiger partial charge in [-0.1, -0.05) is 42.5 Å². The molecule has 7 heteroatoms. The molecule has 2 heterocycles. The number of hydroxylamine groups is 1. The van der Waals surface area contributed by atoms with Crippen LogP contribution in [0, 0.1) is 0 Å². The standard InChI is InChI=1S/C20H17N5O2/c26-20(24-27)19(8-14-4-2-1-3-5-14)25-12-16-7-6-15(9-18(16)23-25)17-10-21-13-22-11-17/h1-7,9-13,19,27H,8H2,(H,24,26). The summed E-state index contributed by atoms with van der Waals surface area (Å²) >= 11 is 0. The monoisotopic (exact) mass is 359 g/mol. The summed E-state index contributed by atoms with van der Waals surface area (Å²) in [5.41, 5.74) is 5.31. The van der Waals surface area contributed by atoms with Gasteiger partial charge in [-0.3, -0.25) is 14.7 Å². The molecule has 0 fully saturated rings. The minimum absolute atomic E-state index is 0.417. The fraction of sp³-hybridized carbons (Fsp3) is 0.100. The lowest BCUT2D eigenvalue weighted by Crippen LogP contribution is -2.32. The van der Waals surface area contributed by atoms with E-state index in [-0.39, 0.29) is 0 Å². The largest absolute Gasteiger partial charge is 0.289 e. The van der Waals surface area contributed by atoms with Crippen LogP contribution in [0.3, 0.4) is 0 Å². The lowest BCUT2D eigenvalue weighted by Gasteiger charge is -2.15. The number of benzene rings is 2. The van der Waals surface area contributed by atoms with E-state index in [1.807, 2.05) is 54.7 Å². The Morgan fingerprint density at radius 3 is 2.59 bits per heavy atom. The first-order valence-electron chi connectivity index (χ1n) is 8.47. The number of nitrogens with zero attached hydrogens (tertiary/aromatic N) is 4. The molecule has 2 N–H and O–H groups in total. The smallest absolute Gasteiger partial charge is 0.268 e. The molecule has 0 radical (unpaired) electrons. The first-order chi connectivity index (χ1) is 13.2. The van der Waals surface area contributed by atoms with Gasteiger partial charge in [0, 0.05) is 36.0 Å². The van der Waals surface area contributed by atoms with Crippen molar-refractivity contribution < 1.29 is 10.0 Å². The van der Waals surface area contributed by atoms with Crippen LogP contribution < -0.4 is 5.48 Å². The second kappa shape index (κ2) is 7.35. The van der Waals surface area contributed by atoms with Crippen LogP contribution in [-0.2, 0) is 11.2 Å². The van der Waals surface area contributed by atoms with Gasteiger partial charge in [0.15, 0.2) is 0 Å². The maximum atomic E-state index is 12.2. The van der Waals surface area contributed by atoms with Gasteiger partial charge < -0.3 is 0 Å². The fourth-order valence-corrected chi connectivity index (χ4v) is 3.04. The number of fused-ring (bicyclic) bond motifs is 1. The summed E-state index contributed by atoms with van der Waals surface area (Å²) in [4.78, 5) is 20.3. The maximum absolute atomic E-state index is 12.2. The van der Waals surface area contributed by atoms with Crippen LogP contribution in [0.15, 0.2) is 73.4 Å². The third-order valence-corrected chi connectivity index (χ3v) is 4.42. The van der Waals surface area contributed by atoms with E-state index in [1.54, 1.807) is 22.6 Å². The van der Waals surface area contributed by atoms with Crippen molar-refractivity contribution in [1.29, 1.82) is 0 Å². The molecule has 7 nitrogen and oxygen atoms in total. The lowest BCUT2D eigenvalue weighted by molar-refractivity contribution is -0.132. The van der Waals surface area contributed by atoms with E-state index in [0.29, 0.717) is 6.42 Å². The molecule has 4 rings (SSSR count). The second-order valence-electron chi connectivity index (χ2n) is 6.19. The molecule has 0 saturated carbocycles. The van der Waals surface area contributed by atoms with Gasteiger partial charge in [0.25, 0.3) is 5.91 Å². The molecular formula is C20H17N5O2. The molecule has 2 aromatic heterocycles. The van der Waals surface area contributed by atoms with Crippen molar-refractivity contribution in [3.05, 3.63) is 79.0 Å². The Morgan fingerprint density at radius 1 is 1.07 bits per heavy atom. The van der Waals surface area contributed by atoms with Gasteiger partial charge in [-0.05, 0) is 17.2 Å². The Morgan fingerprint density at radius 2 is 1.85 bits per heavy atom. The van der Waals surface area contributed by atoms with Crippen molar-refractivity contribution in [3.8, 4) is 11.1 Å². The number of amides is 1. The normalized spacial score (nSPS) is 12.0. The number of carbonyl (C=O) groups is 1. The summed E-state index contributed by atoms with van der Waals surface area (Å²) in [7, 11) is 0. The predicted molar refractivity (Wildman–Crippen MR) is 99.9 cm³/mol. The van der Waals surface area contributed by atoms with Gasteiger partial charge in [0.2, 0.25) is 0 Å². The third kappa shape index (κ3) is 3.54. The minimum Gasteiger partial charge on any atom is -0.289 e. The third-order valence-electron chi connectivity index (χ3n) is 4.42. The molecule has 4 aromatic rings. The summed E-state index contributed by atoms with van der Waals surface area (Å²) in [6.07, 6.45) is 7.19. The van der Waals surface area contributed by atoms with Gasteiger partial charge in [0.1, 0.15) is 12.4 Å². The summed E-state index contributed by atoms with van der Waals surface area (Å²) in [6.45, 7) is 0. The molecule has 0 bridgehead atoms. The van der Waals surface area contributed by atoms with E-state index in [9.17, 15) is 4.79 Å². The molecule has 0 spiro atoms. The quantitative estimate of drug-likeness (QED) is 0.422. The van der Waals surface area contributed by atoms with Crippen molar-refractivity contribution in [3.63, 3.8) is 0 Å². The van der Waals surface area contributed by atoms with Crippen LogP contribution in [0.25, 0.3) is 22.0 Å². The van der Waals surface area contributed by atoms with E-state index in [4.69, 9.17) is 5.21 Å². The van der Waals surface area contributed by atoms with Crippen molar-refractivity contribution >= 4 is 16.8 Å². The second-order valence-corrected chi connectivity index (χ2v) is 6.19. The summed E-state index contributed by atoms with van der Waals surface area (Å²) in [5.74, 6) is -0.511. The summed E-state index contributed by atoms with van der Waals surface area (Å²) in [5, 5.41) is 14.6. The topological polar surface area (TPSA) is 92.9 Å². The zero-order valence-corrected chi connectivity index (χ0v) is 14.4. The number of rotatable bonds is 5. The minimum atomic E-state index is -0.659. The van der Waals surface area contributed by atoms with Gasteiger partial charge >= 0.3 is 0 Å². The van der Waals surface area contributed by atoms with Gasteiger partial charge in [0.05, 0.1) is 5.52 Å². The molecule has 0 aliphatic rings. The highest BCUT2D eigenvalue weighted by Gasteiger charge is 2.22. The zero-order valence-electron chi connectivity index (χ0n) is 14.4. The molecular weight excluding hydrogens is 342 g/mol. The number of hydrogen-bond donors (Lipinski definition) is 2. The van der Waals surface area contributed by atoms with E-state index in [2.05, 4.69) is 15.1 Å². The molecule has 0 saturated heterocycles. The highest BCUT2D eigenvalue weighted by atomic mass is 16.5. The molecule has 134 valence electrons. The highest BCUT2D eigenvalue weighted by Crippen LogP contribution is 2.24. The van der Waals surface area contributed by atoms with E-state index in [1.165, 1.54) is 6.33 Å². The number of carbonyl (C=O) groups excluding carboxylic acids is 1. The van der Waals surface area contributed by atoms with Crippen LogP contribution in [-0.4, -0.2) is 30.9 Å². The number of aromatic nitrogens is 4. The maximum Gasteiger partial charge on any atom is 0.268 e. The molecule has 27 heavy (non-hydrogen) atoms. The molecule has 1 unspecified atom stereocenters. The first-order valence-corrected chi connectivity index (χ1v) is 8.47. The lowest BCUT2D eigenvalue weighted by atomic mass is 10.1. The first kappa shape index (κ1) is 16.9. The van der Waals surface area contributed by atoms with Gasteiger partial charge in [-0.2, -0.15) is 5.10 Å². The Bertz CT molecular complexity index is 1060. The number of nitrogens with one attached hydrogen (secondary N) is 1. The Hall–Kier alpha value is -3.58. The van der Waals surface area contributed by atoms with Crippen molar-refractivity contribution in [2.45, 2.75) is 12.5 Å². The Labute approximate surface area is 155 Å². The molecule has 1 atom stereocenters. The summed E-state index contributed by atoms with van der Waals surface area (Å²) < 4.78 is 1.59. The average molecular weight is 359 g/mol. The Kier molecular flexibility index (Phi) is 4.59. The highest BCUT2D eigenvalue weighted by molar-refractivity contribution is 5.85. The van der Waals surface area contributed by atoms with Crippen LogP contribution in [0.1, 0.15) is 11.6 Å². The average Bonchev–Trinajstić information content (AvgIpc) is 3.16. The van der Waals surface area contributed by atoms with Crippen molar-refractivity contribution in [1.82, 2.24) is 25.2 Å². The van der Waals surface area contributed by atoms with Crippen molar-refractivity contribution in [2.24, 2.45) is 0 Å². The molecule has 1 amide bonds. The predicted octanol–water partition coefficient (Wildman–Crippen LogP) is 2.78. The van der Waals surface area contributed by atoms with E-state index >= 15 is 0 Å². The van der Waals surface area contributed by atoms with E-state index < -0.39 is 11.9 Å². The van der Waals surface area contributed by atoms with Gasteiger partial charge in [-0.15, -0.1) is 0 Å². The molecule has 0 aliphatic heterocycles. The van der Waals surface area contributed by atoms with Crippen LogP contribution >= 0.6 is 0 Å². The van der Waals surface area contributed by atoms with Gasteiger partial charge in [-0.25, -0.2) is 15.4 Å². The SMILES string of the molecule is O=C(NO)C(Cc1ccccc1)n1cc2ccc(-c3cncnc3)cc2n1. The zero-order chi connectivity index (χ0) is 18.6. The summed E-state index contributed by atoms with van der Waals surface area (Å²) in [6, 6.07) is 14.8. The fourth-order valence-electron chi connectivity index (χ4n) is 3.04.